The van der Waals surface area contributed by atoms with Crippen molar-refractivity contribution < 1.29 is 9.18 Å². The van der Waals surface area contributed by atoms with Gasteiger partial charge < -0.3 is 9.72 Å². The minimum atomic E-state index is -0.540. The van der Waals surface area contributed by atoms with Crippen LogP contribution >= 0.6 is 11.6 Å². The smallest absolute Gasteiger partial charge is 0.228 e. The highest BCUT2D eigenvalue weighted by atomic mass is 35.5. The lowest BCUT2D eigenvalue weighted by Gasteiger charge is -2.10. The van der Waals surface area contributed by atoms with Crippen LogP contribution in [0.3, 0.4) is 0 Å². The Morgan fingerprint density at radius 2 is 2.21 bits per heavy atom. The normalized spacial score (nSPS) is 14.3. The number of benzene rings is 1. The molecule has 0 atom stereocenters. The molecule has 1 aromatic carbocycles. The van der Waals surface area contributed by atoms with Crippen LogP contribution in [0, 0.1) is 11.7 Å². The first-order valence-electron chi connectivity index (χ1n) is 9.19. The number of rotatable bonds is 4. The number of halogens is 2. The molecule has 0 saturated heterocycles. The number of hydrogen-bond acceptors (Lipinski definition) is 4. The van der Waals surface area contributed by atoms with Crippen LogP contribution in [0.2, 0.25) is 5.02 Å². The van der Waals surface area contributed by atoms with Gasteiger partial charge in [0.1, 0.15) is 0 Å². The summed E-state index contributed by atoms with van der Waals surface area (Å²) < 4.78 is 16.7. The van der Waals surface area contributed by atoms with Crippen LogP contribution in [0.1, 0.15) is 25.3 Å². The molecule has 4 aromatic rings. The van der Waals surface area contributed by atoms with Crippen LogP contribution in [0.25, 0.3) is 33.9 Å². The van der Waals surface area contributed by atoms with Gasteiger partial charge in [-0.3, -0.25) is 14.9 Å². The molecule has 5 rings (SSSR count). The van der Waals surface area contributed by atoms with Crippen molar-refractivity contribution in [3.05, 3.63) is 47.3 Å². The standard InChI is InChI=1S/C20H16ClFN6O/c1-2-3-11-18(22)17(21)16(12-6-24-27-19(11)12)13-8-28-9-14(25-15(28)7-23-13)26-20(29)10-4-5-10/h2-3,6-10H,4-5H2,1H3,(H,24,27)(H,26,29)/b3-2+. The van der Waals surface area contributed by atoms with E-state index in [1.165, 1.54) is 0 Å². The summed E-state index contributed by atoms with van der Waals surface area (Å²) in [6, 6.07) is 0. The van der Waals surface area contributed by atoms with Gasteiger partial charge in [-0.05, 0) is 19.8 Å². The lowest BCUT2D eigenvalue weighted by molar-refractivity contribution is -0.117. The van der Waals surface area contributed by atoms with Crippen molar-refractivity contribution in [1.82, 2.24) is 24.6 Å². The SMILES string of the molecule is C/C=C/c1c(F)c(Cl)c(-c2cn3cc(NC(=O)C4CC4)nc3cn2)c2cn[nH]c12. The molecule has 1 aliphatic carbocycles. The quantitative estimate of drug-likeness (QED) is 0.520. The summed E-state index contributed by atoms with van der Waals surface area (Å²) >= 11 is 6.40. The lowest BCUT2D eigenvalue weighted by atomic mass is 10.0. The van der Waals surface area contributed by atoms with Crippen molar-refractivity contribution in [3.63, 3.8) is 0 Å². The molecule has 3 heterocycles. The third-order valence-corrected chi connectivity index (χ3v) is 5.31. The molecule has 1 fully saturated rings. The van der Waals surface area contributed by atoms with Crippen LogP contribution < -0.4 is 5.32 Å². The van der Waals surface area contributed by atoms with Gasteiger partial charge in [-0.1, -0.05) is 23.8 Å². The van der Waals surface area contributed by atoms with E-state index in [-0.39, 0.29) is 16.8 Å². The predicted octanol–water partition coefficient (Wildman–Crippen LogP) is 4.45. The van der Waals surface area contributed by atoms with E-state index in [0.717, 1.165) is 12.8 Å². The first kappa shape index (κ1) is 17.8. The number of imidazole rings is 1. The zero-order valence-corrected chi connectivity index (χ0v) is 16.2. The zero-order chi connectivity index (χ0) is 20.1. The van der Waals surface area contributed by atoms with Crippen LogP contribution in [0.5, 0.6) is 0 Å². The molecule has 0 unspecified atom stereocenters. The highest BCUT2D eigenvalue weighted by molar-refractivity contribution is 6.35. The fourth-order valence-corrected chi connectivity index (χ4v) is 3.67. The van der Waals surface area contributed by atoms with E-state index in [9.17, 15) is 9.18 Å². The van der Waals surface area contributed by atoms with Gasteiger partial charge >= 0.3 is 0 Å². The average molecular weight is 411 g/mol. The van der Waals surface area contributed by atoms with Crippen LogP contribution in [0.4, 0.5) is 10.2 Å². The summed E-state index contributed by atoms with van der Waals surface area (Å²) in [6.07, 6.45) is 11.8. The van der Waals surface area contributed by atoms with E-state index in [1.807, 2.05) is 0 Å². The molecule has 1 saturated carbocycles. The van der Waals surface area contributed by atoms with Crippen molar-refractivity contribution in [3.8, 4) is 11.3 Å². The second-order valence-electron chi connectivity index (χ2n) is 7.00. The highest BCUT2D eigenvalue weighted by Gasteiger charge is 2.30. The molecule has 1 aliphatic rings. The number of carbonyl (C=O) groups excluding carboxylic acids is 1. The maximum Gasteiger partial charge on any atom is 0.228 e. The molecule has 0 spiro atoms. The molecule has 29 heavy (non-hydrogen) atoms. The summed E-state index contributed by atoms with van der Waals surface area (Å²) in [4.78, 5) is 20.8. The largest absolute Gasteiger partial charge is 0.309 e. The number of fused-ring (bicyclic) bond motifs is 2. The van der Waals surface area contributed by atoms with Crippen LogP contribution in [-0.4, -0.2) is 30.5 Å². The molecule has 0 radical (unpaired) electrons. The molecule has 146 valence electrons. The van der Waals surface area contributed by atoms with Crippen molar-refractivity contribution in [2.45, 2.75) is 19.8 Å². The maximum atomic E-state index is 15.0. The highest BCUT2D eigenvalue weighted by Crippen LogP contribution is 2.38. The molecular weight excluding hydrogens is 395 g/mol. The van der Waals surface area contributed by atoms with Crippen molar-refractivity contribution >= 4 is 46.0 Å². The number of nitrogens with zero attached hydrogens (tertiary/aromatic N) is 4. The van der Waals surface area contributed by atoms with Crippen LogP contribution in [-0.2, 0) is 4.79 Å². The number of carbonyl (C=O) groups is 1. The van der Waals surface area contributed by atoms with E-state index in [4.69, 9.17) is 11.6 Å². The number of hydrogen-bond donors (Lipinski definition) is 2. The number of aromatic amines is 1. The van der Waals surface area contributed by atoms with Gasteiger partial charge in [0.05, 0.1) is 34.8 Å². The third kappa shape index (κ3) is 2.96. The van der Waals surface area contributed by atoms with Crippen LogP contribution in [0.15, 0.2) is 30.9 Å². The molecule has 3 aromatic heterocycles. The van der Waals surface area contributed by atoms with Gasteiger partial charge in [0, 0.05) is 28.6 Å². The first-order valence-corrected chi connectivity index (χ1v) is 9.57. The Bertz CT molecular complexity index is 1300. The van der Waals surface area contributed by atoms with Crippen molar-refractivity contribution in [2.24, 2.45) is 5.92 Å². The molecule has 0 bridgehead atoms. The Kier molecular flexibility index (Phi) is 4.09. The fourth-order valence-electron chi connectivity index (χ4n) is 3.37. The number of amides is 1. The predicted molar refractivity (Wildman–Crippen MR) is 109 cm³/mol. The number of H-pyrrole nitrogens is 1. The number of nitrogens with one attached hydrogen (secondary N) is 2. The Balaban J connectivity index is 1.63. The van der Waals surface area contributed by atoms with E-state index in [2.05, 4.69) is 25.5 Å². The Morgan fingerprint density at radius 3 is 2.97 bits per heavy atom. The minimum absolute atomic E-state index is 0.0219. The Morgan fingerprint density at radius 1 is 1.38 bits per heavy atom. The number of allylic oxidation sites excluding steroid dienone is 1. The number of anilines is 1. The van der Waals surface area contributed by atoms with Crippen molar-refractivity contribution in [1.29, 1.82) is 0 Å². The molecule has 2 N–H and O–H groups in total. The van der Waals surface area contributed by atoms with E-state index < -0.39 is 5.82 Å². The average Bonchev–Trinajstić information content (AvgIpc) is 3.33. The maximum absolute atomic E-state index is 15.0. The lowest BCUT2D eigenvalue weighted by Crippen LogP contribution is -2.13. The van der Waals surface area contributed by atoms with E-state index >= 15 is 0 Å². The summed E-state index contributed by atoms with van der Waals surface area (Å²) in [6.45, 7) is 1.80. The van der Waals surface area contributed by atoms with Crippen molar-refractivity contribution in [2.75, 3.05) is 5.32 Å². The van der Waals surface area contributed by atoms with Gasteiger partial charge in [-0.15, -0.1) is 0 Å². The summed E-state index contributed by atoms with van der Waals surface area (Å²) in [5.74, 6) is -0.0248. The molecular formula is C20H16ClFN6O. The number of aromatic nitrogens is 5. The fraction of sp³-hybridized carbons (Fsp3) is 0.200. The van der Waals surface area contributed by atoms with Gasteiger partial charge in [-0.25, -0.2) is 9.37 Å². The summed E-state index contributed by atoms with van der Waals surface area (Å²) in [7, 11) is 0. The van der Waals surface area contributed by atoms with Gasteiger partial charge in [0.2, 0.25) is 5.91 Å². The first-order chi connectivity index (χ1) is 14.1. The van der Waals surface area contributed by atoms with Gasteiger partial charge in [-0.2, -0.15) is 5.10 Å². The molecule has 0 aliphatic heterocycles. The Hall–Kier alpha value is -3.26. The third-order valence-electron chi connectivity index (χ3n) is 4.96. The monoisotopic (exact) mass is 410 g/mol. The van der Waals surface area contributed by atoms with E-state index in [0.29, 0.717) is 39.2 Å². The zero-order valence-electron chi connectivity index (χ0n) is 15.4. The summed E-state index contributed by atoms with van der Waals surface area (Å²) in [5.41, 5.74) is 2.37. The molecule has 1 amide bonds. The molecule has 7 nitrogen and oxygen atoms in total. The van der Waals surface area contributed by atoms with E-state index in [1.54, 1.807) is 48.3 Å². The molecule has 9 heteroatoms. The minimum Gasteiger partial charge on any atom is -0.309 e. The topological polar surface area (TPSA) is 88.0 Å². The van der Waals surface area contributed by atoms with Gasteiger partial charge in [0.25, 0.3) is 0 Å². The second-order valence-corrected chi connectivity index (χ2v) is 7.38. The van der Waals surface area contributed by atoms with Gasteiger partial charge in [0.15, 0.2) is 17.3 Å². The Labute approximate surface area is 169 Å². The summed E-state index contributed by atoms with van der Waals surface area (Å²) in [5, 5.41) is 10.3. The second kappa shape index (κ2) is 6.66.